The zero-order valence-corrected chi connectivity index (χ0v) is 7.09. The van der Waals surface area contributed by atoms with Crippen molar-refractivity contribution in [3.05, 3.63) is 5.21 Å². The first kappa shape index (κ1) is 7.53. The third-order valence-electron chi connectivity index (χ3n) is 3.10. The normalized spacial score (nSPS) is 51.5. The molecule has 0 aromatic carbocycles. The highest BCUT2D eigenvalue weighted by molar-refractivity contribution is 5.03. The molecule has 3 nitrogen and oxygen atoms in total. The van der Waals surface area contributed by atoms with Gasteiger partial charge in [0.05, 0.1) is 24.8 Å². The Hall–Kier alpha value is -0.120. The van der Waals surface area contributed by atoms with Crippen LogP contribution in [0.2, 0.25) is 0 Å². The second kappa shape index (κ2) is 2.19. The zero-order valence-electron chi connectivity index (χ0n) is 7.09. The maximum Gasteiger partial charge on any atom is 0.0927 e. The Balaban J connectivity index is 1.93. The van der Waals surface area contributed by atoms with Crippen LogP contribution in [0, 0.1) is 5.21 Å². The monoisotopic (exact) mass is 157 g/mol. The molecule has 2 fully saturated rings. The van der Waals surface area contributed by atoms with Gasteiger partial charge in [0.15, 0.2) is 0 Å². The molecule has 1 aliphatic heterocycles. The van der Waals surface area contributed by atoms with Gasteiger partial charge < -0.3 is 15.0 Å². The summed E-state index contributed by atoms with van der Waals surface area (Å²) in [6, 6.07) is 0.288. The summed E-state index contributed by atoms with van der Waals surface area (Å²) in [7, 11) is 1.69. The molecule has 11 heavy (non-hydrogen) atoms. The van der Waals surface area contributed by atoms with E-state index in [4.69, 9.17) is 4.74 Å². The smallest absolute Gasteiger partial charge is 0.0927 e. The van der Waals surface area contributed by atoms with Gasteiger partial charge in [0.2, 0.25) is 0 Å². The van der Waals surface area contributed by atoms with Crippen molar-refractivity contribution >= 4 is 0 Å². The number of epoxide rings is 1. The van der Waals surface area contributed by atoms with Gasteiger partial charge in [0.1, 0.15) is 0 Å². The van der Waals surface area contributed by atoms with Gasteiger partial charge in [0.25, 0.3) is 0 Å². The summed E-state index contributed by atoms with van der Waals surface area (Å²) in [5, 5.41) is 11.3. The van der Waals surface area contributed by atoms with E-state index in [9.17, 15) is 5.21 Å². The minimum Gasteiger partial charge on any atom is -0.634 e. The molecule has 0 aromatic heterocycles. The quantitative estimate of drug-likeness (QED) is 0.419. The number of nitrogens with one attached hydrogen (secondary N) is 1. The van der Waals surface area contributed by atoms with Crippen molar-refractivity contribution in [2.24, 2.45) is 0 Å². The molecule has 2 aliphatic rings. The van der Waals surface area contributed by atoms with Gasteiger partial charge >= 0.3 is 0 Å². The van der Waals surface area contributed by atoms with Gasteiger partial charge in [-0.3, -0.25) is 0 Å². The molecule has 0 aromatic rings. The summed E-state index contributed by atoms with van der Waals surface area (Å²) in [6.45, 7) is 2.15. The summed E-state index contributed by atoms with van der Waals surface area (Å²) in [5.41, 5.74) is 0.159. The van der Waals surface area contributed by atoms with Crippen LogP contribution in [-0.2, 0) is 4.74 Å². The third-order valence-corrected chi connectivity index (χ3v) is 3.10. The van der Waals surface area contributed by atoms with Crippen LogP contribution in [0.1, 0.15) is 26.2 Å². The number of rotatable bonds is 1. The number of hydrogen-bond donors (Lipinski definition) is 1. The first-order valence-corrected chi connectivity index (χ1v) is 4.30. The Kier molecular flexibility index (Phi) is 1.50. The molecule has 0 radical (unpaired) electrons. The predicted molar refractivity (Wildman–Crippen MR) is 41.2 cm³/mol. The molecule has 1 N–H and O–H groups in total. The first-order chi connectivity index (χ1) is 5.12. The Morgan fingerprint density at radius 3 is 2.91 bits per heavy atom. The SMILES string of the molecule is C[NH+]([O-])C1CCC2(C)OC2C1. The standard InChI is InChI=1S/C8H15NO2/c1-8-4-3-6(9(2)10)5-7(8)11-8/h6-7,9H,3-5H2,1-2H3. The van der Waals surface area contributed by atoms with E-state index in [2.05, 4.69) is 6.92 Å². The lowest BCUT2D eigenvalue weighted by Gasteiger charge is -2.30. The van der Waals surface area contributed by atoms with Gasteiger partial charge in [-0.05, 0) is 13.3 Å². The van der Waals surface area contributed by atoms with Crippen LogP contribution in [-0.4, -0.2) is 24.8 Å². The summed E-state index contributed by atoms with van der Waals surface area (Å²) in [6.07, 6.45) is 3.46. The highest BCUT2D eigenvalue weighted by Crippen LogP contribution is 2.46. The van der Waals surface area contributed by atoms with E-state index in [-0.39, 0.29) is 11.6 Å². The fourth-order valence-electron chi connectivity index (χ4n) is 2.01. The molecule has 64 valence electrons. The molecule has 4 unspecified atom stereocenters. The lowest BCUT2D eigenvalue weighted by atomic mass is 9.87. The topological polar surface area (TPSA) is 40.0 Å². The van der Waals surface area contributed by atoms with Gasteiger partial charge in [0, 0.05) is 12.8 Å². The largest absolute Gasteiger partial charge is 0.634 e. The molecular weight excluding hydrogens is 142 g/mol. The van der Waals surface area contributed by atoms with Crippen LogP contribution in [0.4, 0.5) is 0 Å². The average Bonchev–Trinajstić information content (AvgIpc) is 2.58. The highest BCUT2D eigenvalue weighted by atomic mass is 16.6. The van der Waals surface area contributed by atoms with E-state index in [0.717, 1.165) is 19.3 Å². The van der Waals surface area contributed by atoms with Crippen LogP contribution in [0.5, 0.6) is 0 Å². The minimum atomic E-state index is 0.159. The predicted octanol–water partition coefficient (Wildman–Crippen LogP) is -0.291. The molecule has 4 atom stereocenters. The van der Waals surface area contributed by atoms with Crippen molar-refractivity contribution in [3.8, 4) is 0 Å². The molecule has 1 saturated heterocycles. The van der Waals surface area contributed by atoms with Crippen LogP contribution in [0.25, 0.3) is 0 Å². The molecule has 0 bridgehead atoms. The van der Waals surface area contributed by atoms with Crippen molar-refractivity contribution < 1.29 is 9.80 Å². The lowest BCUT2D eigenvalue weighted by molar-refractivity contribution is -0.856. The van der Waals surface area contributed by atoms with E-state index in [1.807, 2.05) is 0 Å². The van der Waals surface area contributed by atoms with Crippen LogP contribution < -0.4 is 5.06 Å². The Labute approximate surface area is 66.9 Å². The van der Waals surface area contributed by atoms with Gasteiger partial charge in [-0.2, -0.15) is 0 Å². The van der Waals surface area contributed by atoms with E-state index in [0.29, 0.717) is 11.2 Å². The maximum atomic E-state index is 11.0. The molecule has 0 amide bonds. The van der Waals surface area contributed by atoms with E-state index >= 15 is 0 Å². The minimum absolute atomic E-state index is 0.159. The van der Waals surface area contributed by atoms with Gasteiger partial charge in [-0.1, -0.05) is 0 Å². The third kappa shape index (κ3) is 1.17. The van der Waals surface area contributed by atoms with Crippen molar-refractivity contribution in [3.63, 3.8) is 0 Å². The first-order valence-electron chi connectivity index (χ1n) is 4.30. The average molecular weight is 157 g/mol. The molecule has 3 heteroatoms. The maximum absolute atomic E-state index is 11.0. The van der Waals surface area contributed by atoms with E-state index < -0.39 is 0 Å². The molecule has 1 aliphatic carbocycles. The summed E-state index contributed by atoms with van der Waals surface area (Å²) in [5.74, 6) is 0. The van der Waals surface area contributed by atoms with Crippen molar-refractivity contribution in [2.75, 3.05) is 7.05 Å². The lowest BCUT2D eigenvalue weighted by Crippen LogP contribution is -3.08. The number of ether oxygens (including phenoxy) is 1. The fraction of sp³-hybridized carbons (Fsp3) is 1.00. The van der Waals surface area contributed by atoms with E-state index in [1.54, 1.807) is 7.05 Å². The molecule has 1 heterocycles. The van der Waals surface area contributed by atoms with E-state index in [1.165, 1.54) is 0 Å². The van der Waals surface area contributed by atoms with Crippen LogP contribution in [0.3, 0.4) is 0 Å². The number of hydroxylamine groups is 2. The number of quaternary nitrogens is 1. The number of hydrogen-bond acceptors (Lipinski definition) is 2. The highest BCUT2D eigenvalue weighted by Gasteiger charge is 2.56. The summed E-state index contributed by atoms with van der Waals surface area (Å²) in [4.78, 5) is 0. The second-order valence-electron chi connectivity index (χ2n) is 4.00. The van der Waals surface area contributed by atoms with Crippen molar-refractivity contribution in [1.82, 2.24) is 0 Å². The summed E-state index contributed by atoms with van der Waals surface area (Å²) >= 11 is 0. The Morgan fingerprint density at radius 2 is 2.36 bits per heavy atom. The second-order valence-corrected chi connectivity index (χ2v) is 4.00. The number of fused-ring (bicyclic) bond motifs is 1. The summed E-state index contributed by atoms with van der Waals surface area (Å²) < 4.78 is 5.49. The van der Waals surface area contributed by atoms with Crippen LogP contribution in [0.15, 0.2) is 0 Å². The Morgan fingerprint density at radius 1 is 1.64 bits per heavy atom. The molecule has 2 rings (SSSR count). The van der Waals surface area contributed by atoms with Crippen molar-refractivity contribution in [2.45, 2.75) is 43.9 Å². The molecule has 1 saturated carbocycles. The van der Waals surface area contributed by atoms with Crippen LogP contribution >= 0.6 is 0 Å². The molecule has 0 spiro atoms. The van der Waals surface area contributed by atoms with Crippen molar-refractivity contribution in [1.29, 1.82) is 0 Å². The Bertz CT molecular complexity index is 171. The van der Waals surface area contributed by atoms with Gasteiger partial charge in [-0.15, -0.1) is 0 Å². The zero-order chi connectivity index (χ0) is 8.06. The fourth-order valence-corrected chi connectivity index (χ4v) is 2.01. The molecular formula is C8H15NO2. The van der Waals surface area contributed by atoms with Gasteiger partial charge in [-0.25, -0.2) is 0 Å².